The van der Waals surface area contributed by atoms with E-state index in [0.29, 0.717) is 10.1 Å². The molecule has 0 saturated carbocycles. The number of hydrogen-bond acceptors (Lipinski definition) is 3. The van der Waals surface area contributed by atoms with Crippen molar-refractivity contribution >= 4 is 51.2 Å². The molecule has 126 valence electrons. The molecule has 2 aromatic rings. The normalized spacial score (nSPS) is 20.6. The maximum absolute atomic E-state index is 12.8. The Kier molecular flexibility index (Phi) is 5.66. The maximum atomic E-state index is 12.8. The molecule has 0 amide bonds. The third-order valence-electron chi connectivity index (χ3n) is 4.30. The molecule has 6 heteroatoms. The molecule has 1 aliphatic rings. The summed E-state index contributed by atoms with van der Waals surface area (Å²) in [6, 6.07) is 13.4. The van der Waals surface area contributed by atoms with Gasteiger partial charge in [-0.2, -0.15) is 0 Å². The summed E-state index contributed by atoms with van der Waals surface area (Å²) >= 11 is 4.16. The summed E-state index contributed by atoms with van der Waals surface area (Å²) in [4.78, 5) is 12.8. The van der Waals surface area contributed by atoms with Gasteiger partial charge in [0.15, 0.2) is 5.60 Å². The highest BCUT2D eigenvalue weighted by atomic mass is 127. The molecule has 3 N–H and O–H groups in total. The smallest absolute Gasteiger partial charge is 0.343 e. The first-order chi connectivity index (χ1) is 11.5. The molecule has 1 aliphatic heterocycles. The van der Waals surface area contributed by atoms with Crippen LogP contribution < -0.4 is 5.32 Å². The lowest BCUT2D eigenvalue weighted by Gasteiger charge is -2.35. The molecule has 1 atom stereocenters. The first-order valence-electron chi connectivity index (χ1n) is 7.80. The van der Waals surface area contributed by atoms with E-state index in [2.05, 4.69) is 27.9 Å². The van der Waals surface area contributed by atoms with Gasteiger partial charge < -0.3 is 15.2 Å². The van der Waals surface area contributed by atoms with E-state index in [1.54, 1.807) is 6.07 Å². The lowest BCUT2D eigenvalue weighted by atomic mass is 9.86. The third kappa shape index (κ3) is 3.70. The Bertz CT molecular complexity index is 743. The van der Waals surface area contributed by atoms with Gasteiger partial charge in [-0.25, -0.2) is 4.79 Å². The van der Waals surface area contributed by atoms with E-state index in [1.807, 2.05) is 59.0 Å². The number of nitrogens with two attached hydrogens (primary N) is 1. The van der Waals surface area contributed by atoms with Crippen LogP contribution in [0, 0.1) is 7.14 Å². The Morgan fingerprint density at radius 2 is 1.96 bits per heavy atom. The number of halogens is 2. The highest BCUT2D eigenvalue weighted by Crippen LogP contribution is 2.34. The topological polar surface area (TPSA) is 63.1 Å². The summed E-state index contributed by atoms with van der Waals surface area (Å²) in [6.45, 7) is 1.74. The van der Waals surface area contributed by atoms with Gasteiger partial charge in [0.05, 0.1) is 10.1 Å². The number of phenols is 1. The minimum atomic E-state index is -0.643. The summed E-state index contributed by atoms with van der Waals surface area (Å²) in [6.07, 6.45) is 1.78. The van der Waals surface area contributed by atoms with Crippen molar-refractivity contribution in [2.24, 2.45) is 0 Å². The Hall–Kier alpha value is -0.870. The molecule has 4 nitrogen and oxygen atoms in total. The lowest BCUT2D eigenvalue weighted by molar-refractivity contribution is -0.678. The minimum Gasteiger partial charge on any atom is -0.506 e. The number of piperidine rings is 1. The van der Waals surface area contributed by atoms with Crippen LogP contribution >= 0.6 is 45.2 Å². The first kappa shape index (κ1) is 17.9. The second-order valence-electron chi connectivity index (χ2n) is 5.92. The SMILES string of the molecule is O=C(OC1(c2ccccc2)CCC[NH2+]C1)c1cc(I)cc(I)c1O. The summed E-state index contributed by atoms with van der Waals surface area (Å²) in [5.41, 5.74) is 0.594. The van der Waals surface area contributed by atoms with Crippen molar-refractivity contribution in [2.45, 2.75) is 18.4 Å². The third-order valence-corrected chi connectivity index (χ3v) is 5.74. The average molecular weight is 550 g/mol. The molecule has 0 bridgehead atoms. The van der Waals surface area contributed by atoms with Gasteiger partial charge in [-0.1, -0.05) is 30.3 Å². The van der Waals surface area contributed by atoms with E-state index in [9.17, 15) is 9.90 Å². The van der Waals surface area contributed by atoms with Gasteiger partial charge in [-0.05, 0) is 57.3 Å². The number of carbonyl (C=O) groups is 1. The molecular formula is C18H18I2NO3+. The van der Waals surface area contributed by atoms with Crippen molar-refractivity contribution in [1.82, 2.24) is 0 Å². The second-order valence-corrected chi connectivity index (χ2v) is 8.33. The highest BCUT2D eigenvalue weighted by Gasteiger charge is 2.41. The van der Waals surface area contributed by atoms with Crippen LogP contribution in [0.25, 0.3) is 0 Å². The standard InChI is InChI=1S/C18H17I2NO3/c19-13-9-14(16(22)15(20)10-13)17(23)24-18(7-4-8-21-11-18)12-5-2-1-3-6-12/h1-3,5-6,9-10,21-22H,4,7-8,11H2/p+1. The number of esters is 1. The average Bonchev–Trinajstić information content (AvgIpc) is 2.59. The molecule has 1 unspecified atom stereocenters. The van der Waals surface area contributed by atoms with Gasteiger partial charge in [0.25, 0.3) is 0 Å². The summed E-state index contributed by atoms with van der Waals surface area (Å²) in [5, 5.41) is 12.4. The number of hydrogen-bond donors (Lipinski definition) is 2. The maximum Gasteiger partial charge on any atom is 0.343 e. The highest BCUT2D eigenvalue weighted by molar-refractivity contribution is 14.1. The zero-order valence-corrected chi connectivity index (χ0v) is 17.3. The van der Waals surface area contributed by atoms with Crippen molar-refractivity contribution in [3.05, 3.63) is 60.7 Å². The van der Waals surface area contributed by atoms with Crippen molar-refractivity contribution in [3.8, 4) is 5.75 Å². The first-order valence-corrected chi connectivity index (χ1v) is 9.96. The number of benzene rings is 2. The van der Waals surface area contributed by atoms with Gasteiger partial charge in [-0.15, -0.1) is 0 Å². The van der Waals surface area contributed by atoms with Crippen molar-refractivity contribution in [2.75, 3.05) is 13.1 Å². The number of aromatic hydroxyl groups is 1. The van der Waals surface area contributed by atoms with Gasteiger partial charge in [0.2, 0.25) is 0 Å². The van der Waals surface area contributed by atoms with E-state index < -0.39 is 11.6 Å². The molecule has 3 rings (SSSR count). The second kappa shape index (κ2) is 7.57. The molecule has 1 fully saturated rings. The van der Waals surface area contributed by atoms with Crippen LogP contribution in [0.15, 0.2) is 42.5 Å². The number of rotatable bonds is 3. The van der Waals surface area contributed by atoms with Crippen LogP contribution in [0.4, 0.5) is 0 Å². The fourth-order valence-electron chi connectivity index (χ4n) is 3.08. The van der Waals surface area contributed by atoms with Gasteiger partial charge in [0, 0.05) is 22.0 Å². The van der Waals surface area contributed by atoms with Crippen LogP contribution in [0.1, 0.15) is 28.8 Å². The molecule has 2 aromatic carbocycles. The van der Waals surface area contributed by atoms with Crippen molar-refractivity contribution in [3.63, 3.8) is 0 Å². The zero-order chi connectivity index (χ0) is 17.2. The minimum absolute atomic E-state index is 0.0102. The van der Waals surface area contributed by atoms with Gasteiger partial charge in [0.1, 0.15) is 17.9 Å². The molecule has 0 aromatic heterocycles. The van der Waals surface area contributed by atoms with Crippen LogP contribution in [0.2, 0.25) is 0 Å². The quantitative estimate of drug-likeness (QED) is 0.457. The van der Waals surface area contributed by atoms with E-state index in [-0.39, 0.29) is 11.3 Å². The summed E-state index contributed by atoms with van der Waals surface area (Å²) in [7, 11) is 0. The number of phenolic OH excluding ortho intramolecular Hbond substituents is 1. The fourth-order valence-corrected chi connectivity index (χ4v) is 4.92. The van der Waals surface area contributed by atoms with Crippen LogP contribution in [0.5, 0.6) is 5.75 Å². The molecule has 0 spiro atoms. The molecule has 0 radical (unpaired) electrons. The van der Waals surface area contributed by atoms with Gasteiger partial charge >= 0.3 is 5.97 Å². The van der Waals surface area contributed by atoms with Crippen molar-refractivity contribution < 1.29 is 20.0 Å². The predicted octanol–water partition coefficient (Wildman–Crippen LogP) is 3.01. The molecule has 1 saturated heterocycles. The van der Waals surface area contributed by atoms with E-state index in [1.165, 1.54) is 0 Å². The molecule has 24 heavy (non-hydrogen) atoms. The van der Waals surface area contributed by atoms with Crippen LogP contribution in [0.3, 0.4) is 0 Å². The Labute approximate surface area is 168 Å². The zero-order valence-electron chi connectivity index (χ0n) is 13.0. The Morgan fingerprint density at radius 3 is 2.62 bits per heavy atom. The molecule has 0 aliphatic carbocycles. The Balaban J connectivity index is 1.95. The molecule has 1 heterocycles. The number of carbonyl (C=O) groups excluding carboxylic acids is 1. The Morgan fingerprint density at radius 1 is 1.21 bits per heavy atom. The van der Waals surface area contributed by atoms with E-state index in [0.717, 1.165) is 28.5 Å². The number of ether oxygens (including phenoxy) is 1. The fraction of sp³-hybridized carbons (Fsp3) is 0.278. The van der Waals surface area contributed by atoms with Crippen molar-refractivity contribution in [1.29, 1.82) is 0 Å². The van der Waals surface area contributed by atoms with Gasteiger partial charge in [-0.3, -0.25) is 0 Å². The van der Waals surface area contributed by atoms with Crippen LogP contribution in [-0.4, -0.2) is 24.2 Å². The van der Waals surface area contributed by atoms with E-state index >= 15 is 0 Å². The summed E-state index contributed by atoms with van der Waals surface area (Å²) in [5.74, 6) is -0.480. The summed E-state index contributed by atoms with van der Waals surface area (Å²) < 4.78 is 7.55. The largest absolute Gasteiger partial charge is 0.506 e. The monoisotopic (exact) mass is 550 g/mol. The molecular weight excluding hydrogens is 532 g/mol. The lowest BCUT2D eigenvalue weighted by Crippen LogP contribution is -2.90. The number of quaternary nitrogens is 1. The predicted molar refractivity (Wildman–Crippen MR) is 108 cm³/mol. The van der Waals surface area contributed by atoms with Crippen LogP contribution in [-0.2, 0) is 10.3 Å². The van der Waals surface area contributed by atoms with E-state index in [4.69, 9.17) is 4.74 Å².